The molecule has 1 fully saturated rings. The molecule has 1 aromatic rings. The molecule has 0 spiro atoms. The van der Waals surface area contributed by atoms with Crippen molar-refractivity contribution >= 4 is 23.5 Å². The minimum Gasteiger partial charge on any atom is -0.435 e. The van der Waals surface area contributed by atoms with E-state index >= 15 is 0 Å². The zero-order valence-electron chi connectivity index (χ0n) is 14.7. The summed E-state index contributed by atoms with van der Waals surface area (Å²) in [5.74, 6) is -0.666. The van der Waals surface area contributed by atoms with Crippen molar-refractivity contribution in [3.8, 4) is 11.5 Å². The van der Waals surface area contributed by atoms with Gasteiger partial charge in [0.2, 0.25) is 0 Å². The summed E-state index contributed by atoms with van der Waals surface area (Å²) in [6, 6.07) is 3.37. The Hall–Kier alpha value is -2.18. The van der Waals surface area contributed by atoms with Gasteiger partial charge in [0.05, 0.1) is 19.4 Å². The summed E-state index contributed by atoms with van der Waals surface area (Å²) in [6.45, 7) is -1.70. The second-order valence-electron chi connectivity index (χ2n) is 5.54. The first-order chi connectivity index (χ1) is 13.4. The van der Waals surface area contributed by atoms with Crippen LogP contribution in [0.1, 0.15) is 5.56 Å². The van der Waals surface area contributed by atoms with Crippen molar-refractivity contribution in [3.05, 3.63) is 23.8 Å². The Morgan fingerprint density at radius 2 is 1.93 bits per heavy atom. The third kappa shape index (κ3) is 8.23. The molecular formula is C16H20F4N4O3S. The van der Waals surface area contributed by atoms with Crippen LogP contribution in [0.2, 0.25) is 0 Å². The van der Waals surface area contributed by atoms with Crippen LogP contribution < -0.4 is 20.2 Å². The molecule has 1 aliphatic rings. The molecule has 7 nitrogen and oxygen atoms in total. The molecule has 1 aliphatic heterocycles. The van der Waals surface area contributed by atoms with E-state index in [1.165, 1.54) is 18.3 Å². The Morgan fingerprint density at radius 3 is 2.61 bits per heavy atom. The zero-order chi connectivity index (χ0) is 20.4. The van der Waals surface area contributed by atoms with Crippen LogP contribution in [0.15, 0.2) is 23.3 Å². The predicted molar refractivity (Wildman–Crippen MR) is 98.3 cm³/mol. The number of nitrogens with zero attached hydrogens (tertiary/aromatic N) is 2. The molecule has 156 valence electrons. The van der Waals surface area contributed by atoms with Crippen LogP contribution >= 0.6 is 12.2 Å². The standard InChI is InChI=1S/C16H20F4N4O3S/c17-14(18)26-12-2-1-11(13(9-12)27-15(19)20)10-22-23-16(28)21-3-4-24-5-7-25-8-6-24/h1-2,9-10,14-15H,3-8H2,(H2,21,23,28)/b22-10-. The van der Waals surface area contributed by atoms with Gasteiger partial charge in [0.1, 0.15) is 11.5 Å². The summed E-state index contributed by atoms with van der Waals surface area (Å²) in [6.07, 6.45) is 1.18. The lowest BCUT2D eigenvalue weighted by molar-refractivity contribution is -0.0543. The number of hydrazone groups is 1. The highest BCUT2D eigenvalue weighted by molar-refractivity contribution is 7.80. The first kappa shape index (κ1) is 22.1. The van der Waals surface area contributed by atoms with E-state index in [1.54, 1.807) is 0 Å². The Balaban J connectivity index is 1.84. The summed E-state index contributed by atoms with van der Waals surface area (Å²) < 4.78 is 63.3. The molecule has 0 aromatic heterocycles. The number of thiocarbonyl (C=S) groups is 1. The number of hydrogen-bond donors (Lipinski definition) is 2. The Morgan fingerprint density at radius 1 is 1.21 bits per heavy atom. The summed E-state index contributed by atoms with van der Waals surface area (Å²) in [5.41, 5.74) is 2.68. The van der Waals surface area contributed by atoms with Crippen LogP contribution in [-0.2, 0) is 4.74 Å². The largest absolute Gasteiger partial charge is 0.435 e. The molecule has 0 radical (unpaired) electrons. The van der Waals surface area contributed by atoms with Crippen molar-refractivity contribution in [2.45, 2.75) is 13.2 Å². The average Bonchev–Trinajstić information content (AvgIpc) is 2.63. The van der Waals surface area contributed by atoms with Crippen LogP contribution in [0.25, 0.3) is 0 Å². The van der Waals surface area contributed by atoms with Gasteiger partial charge in [-0.05, 0) is 24.4 Å². The summed E-state index contributed by atoms with van der Waals surface area (Å²) in [7, 11) is 0. The normalized spacial score (nSPS) is 15.2. The van der Waals surface area contributed by atoms with Crippen LogP contribution in [-0.4, -0.2) is 68.8 Å². The van der Waals surface area contributed by atoms with Gasteiger partial charge in [-0.1, -0.05) is 0 Å². The Labute approximate surface area is 164 Å². The maximum absolute atomic E-state index is 12.5. The lowest BCUT2D eigenvalue weighted by Crippen LogP contribution is -2.42. The van der Waals surface area contributed by atoms with Gasteiger partial charge >= 0.3 is 13.2 Å². The van der Waals surface area contributed by atoms with Crippen molar-refractivity contribution in [1.82, 2.24) is 15.6 Å². The summed E-state index contributed by atoms with van der Waals surface area (Å²) in [4.78, 5) is 2.22. The first-order valence-corrected chi connectivity index (χ1v) is 8.75. The molecule has 0 bridgehead atoms. The molecule has 1 aromatic carbocycles. The van der Waals surface area contributed by atoms with Crippen molar-refractivity contribution in [2.75, 3.05) is 39.4 Å². The number of nitrogens with one attached hydrogen (secondary N) is 2. The van der Waals surface area contributed by atoms with Gasteiger partial charge in [0, 0.05) is 37.8 Å². The second kappa shape index (κ2) is 11.6. The van der Waals surface area contributed by atoms with Crippen LogP contribution in [0.4, 0.5) is 17.6 Å². The molecule has 0 unspecified atom stereocenters. The molecule has 0 amide bonds. The number of alkyl halides is 4. The van der Waals surface area contributed by atoms with Gasteiger partial charge in [-0.3, -0.25) is 10.3 Å². The molecular weight excluding hydrogens is 404 g/mol. The summed E-state index contributed by atoms with van der Waals surface area (Å²) in [5, 5.41) is 7.05. The maximum Gasteiger partial charge on any atom is 0.387 e. The minimum absolute atomic E-state index is 0.130. The minimum atomic E-state index is -3.13. The quantitative estimate of drug-likeness (QED) is 0.272. The van der Waals surface area contributed by atoms with Crippen molar-refractivity contribution in [1.29, 1.82) is 0 Å². The number of benzene rings is 1. The van der Waals surface area contributed by atoms with Gasteiger partial charge in [0.15, 0.2) is 5.11 Å². The lowest BCUT2D eigenvalue weighted by atomic mass is 10.2. The topological polar surface area (TPSA) is 67.4 Å². The van der Waals surface area contributed by atoms with E-state index in [4.69, 9.17) is 17.0 Å². The van der Waals surface area contributed by atoms with E-state index in [0.29, 0.717) is 19.8 Å². The van der Waals surface area contributed by atoms with E-state index < -0.39 is 13.2 Å². The number of halogens is 4. The molecule has 2 rings (SSSR count). The van der Waals surface area contributed by atoms with Crippen LogP contribution in [0.3, 0.4) is 0 Å². The van der Waals surface area contributed by atoms with Crippen LogP contribution in [0.5, 0.6) is 11.5 Å². The monoisotopic (exact) mass is 424 g/mol. The van der Waals surface area contributed by atoms with Gasteiger partial charge < -0.3 is 19.5 Å². The number of rotatable bonds is 9. The molecule has 2 N–H and O–H groups in total. The van der Waals surface area contributed by atoms with E-state index in [1.807, 2.05) is 0 Å². The molecule has 0 atom stereocenters. The molecule has 0 saturated carbocycles. The van der Waals surface area contributed by atoms with Crippen molar-refractivity contribution in [3.63, 3.8) is 0 Å². The fraction of sp³-hybridized carbons (Fsp3) is 0.500. The van der Waals surface area contributed by atoms with Gasteiger partial charge in [0.25, 0.3) is 0 Å². The Bertz CT molecular complexity index is 661. The Kier molecular flexibility index (Phi) is 9.17. The predicted octanol–water partition coefficient (Wildman–Crippen LogP) is 2.02. The summed E-state index contributed by atoms with van der Waals surface area (Å²) >= 11 is 5.07. The molecule has 28 heavy (non-hydrogen) atoms. The lowest BCUT2D eigenvalue weighted by Gasteiger charge is -2.26. The highest BCUT2D eigenvalue weighted by Gasteiger charge is 2.13. The van der Waals surface area contributed by atoms with Gasteiger partial charge in [-0.15, -0.1) is 0 Å². The fourth-order valence-electron chi connectivity index (χ4n) is 2.35. The third-order valence-electron chi connectivity index (χ3n) is 3.61. The number of ether oxygens (including phenoxy) is 3. The van der Waals surface area contributed by atoms with E-state index in [-0.39, 0.29) is 22.2 Å². The third-order valence-corrected chi connectivity index (χ3v) is 3.85. The molecule has 1 heterocycles. The van der Waals surface area contributed by atoms with Gasteiger partial charge in [-0.2, -0.15) is 22.7 Å². The maximum atomic E-state index is 12.5. The number of morpholine rings is 1. The average molecular weight is 424 g/mol. The molecule has 12 heteroatoms. The zero-order valence-corrected chi connectivity index (χ0v) is 15.6. The molecule has 0 aliphatic carbocycles. The fourth-order valence-corrected chi connectivity index (χ4v) is 2.50. The molecule has 1 saturated heterocycles. The number of hydrogen-bond acceptors (Lipinski definition) is 6. The van der Waals surface area contributed by atoms with Crippen LogP contribution in [0, 0.1) is 0 Å². The second-order valence-corrected chi connectivity index (χ2v) is 5.94. The SMILES string of the molecule is FC(F)Oc1ccc(/C=N\NC(=S)NCCN2CCOCC2)c(OC(F)F)c1. The van der Waals surface area contributed by atoms with Crippen molar-refractivity contribution < 1.29 is 31.8 Å². The van der Waals surface area contributed by atoms with Gasteiger partial charge in [-0.25, -0.2) is 0 Å². The highest BCUT2D eigenvalue weighted by atomic mass is 32.1. The smallest absolute Gasteiger partial charge is 0.387 e. The van der Waals surface area contributed by atoms with Crippen molar-refractivity contribution in [2.24, 2.45) is 5.10 Å². The van der Waals surface area contributed by atoms with E-state index in [2.05, 4.69) is 30.2 Å². The highest BCUT2D eigenvalue weighted by Crippen LogP contribution is 2.26. The first-order valence-electron chi connectivity index (χ1n) is 8.34. The van der Waals surface area contributed by atoms with E-state index in [0.717, 1.165) is 25.7 Å². The van der Waals surface area contributed by atoms with E-state index in [9.17, 15) is 17.6 Å².